The summed E-state index contributed by atoms with van der Waals surface area (Å²) in [6, 6.07) is 15.5. The number of aliphatic imine (C=N–C) groups is 1. The van der Waals surface area contributed by atoms with Gasteiger partial charge in [-0.25, -0.2) is 4.99 Å². The fourth-order valence-corrected chi connectivity index (χ4v) is 2.25. The molecule has 0 amide bonds. The van der Waals surface area contributed by atoms with E-state index in [0.717, 1.165) is 15.7 Å². The first-order valence-corrected chi connectivity index (χ1v) is 6.88. The van der Waals surface area contributed by atoms with Crippen LogP contribution in [-0.4, -0.2) is 5.96 Å². The average Bonchev–Trinajstić information content (AvgIpc) is 2.41. The van der Waals surface area contributed by atoms with E-state index in [1.165, 1.54) is 0 Å². The van der Waals surface area contributed by atoms with Crippen molar-refractivity contribution in [2.45, 2.75) is 6.54 Å². The maximum Gasteiger partial charge on any atom is 0.193 e. The number of anilines is 1. The molecule has 2 aromatic rings. The number of benzene rings is 2. The summed E-state index contributed by atoms with van der Waals surface area (Å²) in [4.78, 5) is 4.27. The Morgan fingerprint density at radius 3 is 2.63 bits per heavy atom. The van der Waals surface area contributed by atoms with Crippen LogP contribution >= 0.6 is 27.5 Å². The average molecular weight is 339 g/mol. The lowest BCUT2D eigenvalue weighted by Crippen LogP contribution is -2.22. The summed E-state index contributed by atoms with van der Waals surface area (Å²) in [6.07, 6.45) is 0. The number of rotatable bonds is 3. The largest absolute Gasteiger partial charge is 0.370 e. The molecule has 3 N–H and O–H groups in total. The summed E-state index contributed by atoms with van der Waals surface area (Å²) in [7, 11) is 0. The first kappa shape index (κ1) is 13.9. The zero-order valence-electron chi connectivity index (χ0n) is 10.1. The van der Waals surface area contributed by atoms with Gasteiger partial charge in [0.25, 0.3) is 0 Å². The van der Waals surface area contributed by atoms with E-state index in [1.807, 2.05) is 42.5 Å². The van der Waals surface area contributed by atoms with Gasteiger partial charge in [0.15, 0.2) is 5.96 Å². The number of nitrogens with two attached hydrogens (primary N) is 1. The van der Waals surface area contributed by atoms with Gasteiger partial charge in [-0.15, -0.1) is 0 Å². The molecule has 0 aliphatic carbocycles. The summed E-state index contributed by atoms with van der Waals surface area (Å²) in [6.45, 7) is 0.536. The number of nitrogens with zero attached hydrogens (tertiary/aromatic N) is 1. The van der Waals surface area contributed by atoms with Crippen molar-refractivity contribution < 1.29 is 0 Å². The fraction of sp³-hybridized carbons (Fsp3) is 0.0714. The first-order chi connectivity index (χ1) is 9.15. The van der Waals surface area contributed by atoms with Gasteiger partial charge in [-0.1, -0.05) is 57.9 Å². The Morgan fingerprint density at radius 1 is 1.21 bits per heavy atom. The van der Waals surface area contributed by atoms with Gasteiger partial charge >= 0.3 is 0 Å². The van der Waals surface area contributed by atoms with E-state index < -0.39 is 0 Å². The summed E-state index contributed by atoms with van der Waals surface area (Å²) in [5.41, 5.74) is 7.67. The molecule has 0 atom stereocenters. The van der Waals surface area contributed by atoms with E-state index in [9.17, 15) is 0 Å². The van der Waals surface area contributed by atoms with Crippen molar-refractivity contribution in [1.29, 1.82) is 0 Å². The smallest absolute Gasteiger partial charge is 0.193 e. The van der Waals surface area contributed by atoms with Gasteiger partial charge < -0.3 is 11.1 Å². The van der Waals surface area contributed by atoms with E-state index in [2.05, 4.69) is 26.2 Å². The van der Waals surface area contributed by atoms with Gasteiger partial charge in [-0.05, 0) is 23.8 Å². The number of nitrogens with one attached hydrogen (secondary N) is 1. The molecule has 0 saturated heterocycles. The Hall–Kier alpha value is -1.52. The lowest BCUT2D eigenvalue weighted by atomic mass is 10.2. The molecule has 0 aliphatic rings. The first-order valence-electron chi connectivity index (χ1n) is 5.71. The topological polar surface area (TPSA) is 50.4 Å². The van der Waals surface area contributed by atoms with Crippen LogP contribution in [0.25, 0.3) is 0 Å². The van der Waals surface area contributed by atoms with Gasteiger partial charge in [0.1, 0.15) is 0 Å². The molecule has 0 bridgehead atoms. The third kappa shape index (κ3) is 4.26. The van der Waals surface area contributed by atoms with Crippen LogP contribution < -0.4 is 11.1 Å². The van der Waals surface area contributed by atoms with Gasteiger partial charge in [0.05, 0.1) is 17.3 Å². The van der Waals surface area contributed by atoms with Crippen LogP contribution in [0.15, 0.2) is 58.0 Å². The van der Waals surface area contributed by atoms with E-state index in [0.29, 0.717) is 17.5 Å². The lowest BCUT2D eigenvalue weighted by molar-refractivity contribution is 1.06. The zero-order valence-corrected chi connectivity index (χ0v) is 12.4. The minimum atomic E-state index is 0.341. The van der Waals surface area contributed by atoms with Crippen LogP contribution in [0.2, 0.25) is 5.02 Å². The molecule has 0 aliphatic heterocycles. The highest BCUT2D eigenvalue weighted by molar-refractivity contribution is 9.10. The highest BCUT2D eigenvalue weighted by atomic mass is 79.9. The van der Waals surface area contributed by atoms with E-state index in [1.54, 1.807) is 6.07 Å². The van der Waals surface area contributed by atoms with Crippen LogP contribution in [0, 0.1) is 0 Å². The molecule has 2 aromatic carbocycles. The van der Waals surface area contributed by atoms with Crippen molar-refractivity contribution >= 4 is 39.2 Å². The Bertz CT molecular complexity index is 584. The molecular weight excluding hydrogens is 326 g/mol. The molecule has 0 fully saturated rings. The summed E-state index contributed by atoms with van der Waals surface area (Å²) >= 11 is 9.44. The van der Waals surface area contributed by atoms with Gasteiger partial charge in [-0.3, -0.25) is 0 Å². The maximum absolute atomic E-state index is 6.09. The van der Waals surface area contributed by atoms with E-state index in [4.69, 9.17) is 17.3 Å². The second-order valence-electron chi connectivity index (χ2n) is 3.94. The minimum Gasteiger partial charge on any atom is -0.370 e. The Balaban J connectivity index is 2.02. The number of hydrogen-bond donors (Lipinski definition) is 2. The van der Waals surface area contributed by atoms with Crippen molar-refractivity contribution in [3.8, 4) is 0 Å². The molecule has 0 radical (unpaired) electrons. The normalized spacial score (nSPS) is 11.4. The van der Waals surface area contributed by atoms with Crippen LogP contribution in [0.5, 0.6) is 0 Å². The molecule has 0 unspecified atom stereocenters. The summed E-state index contributed by atoms with van der Waals surface area (Å²) in [5.74, 6) is 0.341. The van der Waals surface area contributed by atoms with Crippen LogP contribution in [0.4, 0.5) is 5.69 Å². The van der Waals surface area contributed by atoms with Gasteiger partial charge in [-0.2, -0.15) is 0 Å². The van der Waals surface area contributed by atoms with Crippen molar-refractivity contribution in [2.75, 3.05) is 5.32 Å². The van der Waals surface area contributed by atoms with E-state index in [-0.39, 0.29) is 0 Å². The highest BCUT2D eigenvalue weighted by Crippen LogP contribution is 2.25. The van der Waals surface area contributed by atoms with Crippen molar-refractivity contribution in [2.24, 2.45) is 10.7 Å². The molecule has 0 aromatic heterocycles. The molecule has 0 spiro atoms. The SMILES string of the molecule is NC(=NCc1ccccc1)Nc1ccc(Br)cc1Cl. The van der Waals surface area contributed by atoms with Crippen LogP contribution in [0.1, 0.15) is 5.56 Å². The quantitative estimate of drug-likeness (QED) is 0.656. The Morgan fingerprint density at radius 2 is 1.95 bits per heavy atom. The molecule has 0 saturated carbocycles. The van der Waals surface area contributed by atoms with Crippen LogP contribution in [0.3, 0.4) is 0 Å². The second kappa shape index (κ2) is 6.59. The standard InChI is InChI=1S/C14H13BrClN3/c15-11-6-7-13(12(16)8-11)19-14(17)18-9-10-4-2-1-3-5-10/h1-8H,9H2,(H3,17,18,19). The zero-order chi connectivity index (χ0) is 13.7. The third-order valence-electron chi connectivity index (χ3n) is 2.47. The number of hydrogen-bond acceptors (Lipinski definition) is 1. The van der Waals surface area contributed by atoms with E-state index >= 15 is 0 Å². The number of guanidine groups is 1. The molecule has 0 heterocycles. The lowest BCUT2D eigenvalue weighted by Gasteiger charge is -2.08. The molecule has 98 valence electrons. The third-order valence-corrected chi connectivity index (χ3v) is 3.27. The Labute approximate surface area is 125 Å². The van der Waals surface area contributed by atoms with Gasteiger partial charge in [0.2, 0.25) is 0 Å². The number of halogens is 2. The second-order valence-corrected chi connectivity index (χ2v) is 5.26. The predicted molar refractivity (Wildman–Crippen MR) is 84.5 cm³/mol. The molecular formula is C14H13BrClN3. The fourth-order valence-electron chi connectivity index (χ4n) is 1.53. The van der Waals surface area contributed by atoms with Gasteiger partial charge in [0, 0.05) is 4.47 Å². The maximum atomic E-state index is 6.09. The van der Waals surface area contributed by atoms with Crippen LogP contribution in [-0.2, 0) is 6.54 Å². The minimum absolute atomic E-state index is 0.341. The van der Waals surface area contributed by atoms with Crippen molar-refractivity contribution in [1.82, 2.24) is 0 Å². The predicted octanol–water partition coefficient (Wildman–Crippen LogP) is 4.03. The summed E-state index contributed by atoms with van der Waals surface area (Å²) in [5, 5.41) is 3.57. The highest BCUT2D eigenvalue weighted by Gasteiger charge is 2.01. The van der Waals surface area contributed by atoms with Crippen molar-refractivity contribution in [3.63, 3.8) is 0 Å². The summed E-state index contributed by atoms with van der Waals surface area (Å²) < 4.78 is 0.919. The molecule has 2 rings (SSSR count). The Kier molecular flexibility index (Phi) is 4.82. The monoisotopic (exact) mass is 337 g/mol. The molecule has 5 heteroatoms. The van der Waals surface area contributed by atoms with Crippen molar-refractivity contribution in [3.05, 3.63) is 63.6 Å². The molecule has 19 heavy (non-hydrogen) atoms. The molecule has 3 nitrogen and oxygen atoms in total.